The molecule has 29 heavy (non-hydrogen) atoms. The molecule has 0 unspecified atom stereocenters. The van der Waals surface area contributed by atoms with Gasteiger partial charge in [0, 0.05) is 12.3 Å². The maximum absolute atomic E-state index is 12.2. The number of anilines is 1. The lowest BCUT2D eigenvalue weighted by molar-refractivity contribution is -0.125. The Morgan fingerprint density at radius 1 is 1.00 bits per heavy atom. The number of imide groups is 1. The molecule has 0 aliphatic carbocycles. The number of ether oxygens (including phenoxy) is 1. The minimum absolute atomic E-state index is 0.0441. The van der Waals surface area contributed by atoms with Gasteiger partial charge in [-0.3, -0.25) is 19.2 Å². The maximum atomic E-state index is 12.2. The third-order valence-corrected chi connectivity index (χ3v) is 6.45. The van der Waals surface area contributed by atoms with Gasteiger partial charge in [-0.2, -0.15) is 0 Å². The van der Waals surface area contributed by atoms with Crippen LogP contribution in [0.1, 0.15) is 17.5 Å². The van der Waals surface area contributed by atoms with Gasteiger partial charge in [-0.1, -0.05) is 54.2 Å². The van der Waals surface area contributed by atoms with Gasteiger partial charge >= 0.3 is 0 Å². The Hall–Kier alpha value is -2.36. The van der Waals surface area contributed by atoms with Gasteiger partial charge in [0.1, 0.15) is 0 Å². The fourth-order valence-electron chi connectivity index (χ4n) is 2.74. The molecule has 154 valence electrons. The lowest BCUT2D eigenvalue weighted by Gasteiger charge is -2.13. The third-order valence-electron chi connectivity index (χ3n) is 4.22. The van der Waals surface area contributed by atoms with Crippen molar-refractivity contribution in [2.24, 2.45) is 0 Å². The summed E-state index contributed by atoms with van der Waals surface area (Å²) in [4.78, 5) is 24.5. The first kappa shape index (κ1) is 21.4. The van der Waals surface area contributed by atoms with Crippen molar-refractivity contribution in [1.29, 1.82) is 0 Å². The molecule has 0 spiro atoms. The quantitative estimate of drug-likeness (QED) is 0.577. The van der Waals surface area contributed by atoms with Crippen molar-refractivity contribution in [3.63, 3.8) is 0 Å². The van der Waals surface area contributed by atoms with E-state index in [0.29, 0.717) is 25.3 Å². The van der Waals surface area contributed by atoms with Crippen LogP contribution in [-0.2, 0) is 32.7 Å². The van der Waals surface area contributed by atoms with Crippen LogP contribution in [-0.4, -0.2) is 42.6 Å². The number of nitrogens with one attached hydrogen (secondary N) is 1. The highest BCUT2D eigenvalue weighted by atomic mass is 32.2. The summed E-state index contributed by atoms with van der Waals surface area (Å²) in [6.45, 7) is 0.997. The largest absolute Gasteiger partial charge is 0.377 e. The molecule has 0 radical (unpaired) electrons. The number of nitrogens with zero attached hydrogens (tertiary/aromatic N) is 1. The second-order valence-electron chi connectivity index (χ2n) is 6.54. The van der Waals surface area contributed by atoms with Crippen molar-refractivity contribution in [3.8, 4) is 0 Å². The maximum Gasteiger partial charge on any atom is 0.289 e. The summed E-state index contributed by atoms with van der Waals surface area (Å²) in [7, 11) is -3.48. The first-order chi connectivity index (χ1) is 13.9. The van der Waals surface area contributed by atoms with E-state index in [4.69, 9.17) is 4.74 Å². The first-order valence-electron chi connectivity index (χ1n) is 9.11. The highest BCUT2D eigenvalue weighted by Crippen LogP contribution is 2.22. The van der Waals surface area contributed by atoms with Gasteiger partial charge in [-0.25, -0.2) is 8.42 Å². The molecule has 9 heteroatoms. The van der Waals surface area contributed by atoms with Gasteiger partial charge in [0.05, 0.1) is 24.7 Å². The van der Waals surface area contributed by atoms with E-state index in [2.05, 4.69) is 4.72 Å². The van der Waals surface area contributed by atoms with Crippen LogP contribution in [0.4, 0.5) is 10.5 Å². The summed E-state index contributed by atoms with van der Waals surface area (Å²) < 4.78 is 32.5. The van der Waals surface area contributed by atoms with Gasteiger partial charge in [0.2, 0.25) is 15.9 Å². The number of amides is 2. The number of hydrogen-bond donors (Lipinski definition) is 1. The molecule has 0 atom stereocenters. The zero-order valence-corrected chi connectivity index (χ0v) is 17.4. The minimum atomic E-state index is -3.48. The summed E-state index contributed by atoms with van der Waals surface area (Å²) in [5, 5.41) is -0.255. The Morgan fingerprint density at radius 3 is 2.38 bits per heavy atom. The summed E-state index contributed by atoms with van der Waals surface area (Å²) in [6.07, 6.45) is 0.386. The molecule has 3 rings (SSSR count). The summed E-state index contributed by atoms with van der Waals surface area (Å²) in [5.74, 6) is -0.0807. The Kier molecular flexibility index (Phi) is 7.29. The van der Waals surface area contributed by atoms with Crippen LogP contribution in [0.5, 0.6) is 0 Å². The second kappa shape index (κ2) is 9.91. The normalized spacial score (nSPS) is 14.4. The van der Waals surface area contributed by atoms with Crippen LogP contribution in [0.15, 0.2) is 54.6 Å². The van der Waals surface area contributed by atoms with Crippen LogP contribution < -0.4 is 4.72 Å². The molecule has 1 fully saturated rings. The fourth-order valence-corrected chi connectivity index (χ4v) is 4.56. The number of benzene rings is 2. The molecular weight excluding hydrogens is 412 g/mol. The van der Waals surface area contributed by atoms with E-state index >= 15 is 0 Å². The van der Waals surface area contributed by atoms with Crippen molar-refractivity contribution >= 4 is 38.6 Å². The van der Waals surface area contributed by atoms with Gasteiger partial charge in [-0.05, 0) is 29.7 Å². The van der Waals surface area contributed by atoms with E-state index in [0.717, 1.165) is 22.9 Å². The van der Waals surface area contributed by atoms with Gasteiger partial charge in [0.25, 0.3) is 5.24 Å². The lowest BCUT2D eigenvalue weighted by atomic mass is 10.2. The summed E-state index contributed by atoms with van der Waals surface area (Å²) >= 11 is 0.989. The van der Waals surface area contributed by atoms with Crippen LogP contribution in [0.2, 0.25) is 0 Å². The SMILES string of the molecule is O=C1CSC(=O)N1Cc1ccc(NS(=O)(=O)CCCOCc2ccccc2)cc1. The van der Waals surface area contributed by atoms with Gasteiger partial charge < -0.3 is 4.74 Å². The van der Waals surface area contributed by atoms with Gasteiger partial charge in [-0.15, -0.1) is 0 Å². The van der Waals surface area contributed by atoms with Crippen molar-refractivity contribution in [3.05, 3.63) is 65.7 Å². The number of hydrogen-bond acceptors (Lipinski definition) is 6. The number of carbonyl (C=O) groups is 2. The molecule has 1 saturated heterocycles. The molecular formula is C20H22N2O5S2. The number of sulfonamides is 1. The molecule has 2 aromatic carbocycles. The van der Waals surface area contributed by atoms with Crippen LogP contribution in [0.3, 0.4) is 0 Å². The van der Waals surface area contributed by atoms with E-state index in [1.54, 1.807) is 24.3 Å². The minimum Gasteiger partial charge on any atom is -0.377 e. The zero-order valence-electron chi connectivity index (χ0n) is 15.7. The summed E-state index contributed by atoms with van der Waals surface area (Å²) in [6, 6.07) is 16.3. The van der Waals surface area contributed by atoms with Crippen molar-refractivity contribution in [2.75, 3.05) is 22.8 Å². The lowest BCUT2D eigenvalue weighted by Crippen LogP contribution is -2.27. The molecule has 7 nitrogen and oxygen atoms in total. The van der Waals surface area contributed by atoms with E-state index in [1.165, 1.54) is 4.90 Å². The zero-order chi connectivity index (χ0) is 20.7. The average molecular weight is 435 g/mol. The highest BCUT2D eigenvalue weighted by molar-refractivity contribution is 8.14. The Bertz CT molecular complexity index is 931. The third kappa shape index (κ3) is 6.59. The van der Waals surface area contributed by atoms with E-state index in [-0.39, 0.29) is 29.2 Å². The van der Waals surface area contributed by atoms with Gasteiger partial charge in [0.15, 0.2) is 0 Å². The van der Waals surface area contributed by atoms with Crippen molar-refractivity contribution < 1.29 is 22.7 Å². The number of rotatable bonds is 10. The number of carbonyl (C=O) groups excluding carboxylic acids is 2. The average Bonchev–Trinajstić information content (AvgIpc) is 3.02. The van der Waals surface area contributed by atoms with E-state index in [1.807, 2.05) is 30.3 Å². The molecule has 2 amide bonds. The number of thioether (sulfide) groups is 1. The Labute approximate surface area is 174 Å². The van der Waals surface area contributed by atoms with E-state index < -0.39 is 10.0 Å². The predicted octanol–water partition coefficient (Wildman–Crippen LogP) is 3.23. The van der Waals surface area contributed by atoms with Crippen LogP contribution in [0.25, 0.3) is 0 Å². The Balaban J connectivity index is 1.42. The van der Waals surface area contributed by atoms with Crippen molar-refractivity contribution in [1.82, 2.24) is 4.90 Å². The molecule has 0 saturated carbocycles. The standard InChI is InChI=1S/C20H22N2O5S2/c23-19-15-28-20(24)22(19)13-16-7-9-18(10-8-16)21-29(25,26)12-4-11-27-14-17-5-2-1-3-6-17/h1-3,5-10,21H,4,11-15H2. The monoisotopic (exact) mass is 434 g/mol. The molecule has 1 N–H and O–H groups in total. The smallest absolute Gasteiger partial charge is 0.289 e. The molecule has 1 aliphatic rings. The van der Waals surface area contributed by atoms with E-state index in [9.17, 15) is 18.0 Å². The molecule has 1 aliphatic heterocycles. The second-order valence-corrected chi connectivity index (χ2v) is 9.31. The Morgan fingerprint density at radius 2 is 1.72 bits per heavy atom. The molecule has 2 aromatic rings. The first-order valence-corrected chi connectivity index (χ1v) is 11.7. The molecule has 0 aromatic heterocycles. The topological polar surface area (TPSA) is 92.8 Å². The molecule has 1 heterocycles. The van der Waals surface area contributed by atoms with Crippen molar-refractivity contribution in [2.45, 2.75) is 19.6 Å². The molecule has 0 bridgehead atoms. The fraction of sp³-hybridized carbons (Fsp3) is 0.300. The highest BCUT2D eigenvalue weighted by Gasteiger charge is 2.29. The van der Waals surface area contributed by atoms with Crippen LogP contribution >= 0.6 is 11.8 Å². The summed E-state index contributed by atoms with van der Waals surface area (Å²) in [5.41, 5.74) is 2.24. The van der Waals surface area contributed by atoms with Crippen LogP contribution in [0, 0.1) is 0 Å². The predicted molar refractivity (Wildman–Crippen MR) is 113 cm³/mol.